The first kappa shape index (κ1) is 12.8. The van der Waals surface area contributed by atoms with Crippen molar-refractivity contribution in [3.63, 3.8) is 0 Å². The third kappa shape index (κ3) is 2.78. The number of hydrazine groups is 1. The van der Waals surface area contributed by atoms with E-state index in [4.69, 9.17) is 11.1 Å². The average molecular weight is 254 g/mol. The summed E-state index contributed by atoms with van der Waals surface area (Å²) in [4.78, 5) is 10.4. The molecule has 0 atom stereocenters. The molecule has 1 aromatic heterocycles. The van der Waals surface area contributed by atoms with E-state index in [-0.39, 0.29) is 0 Å². The molecule has 0 aliphatic rings. The average Bonchev–Trinajstić information content (AvgIpc) is 2.46. The predicted octanol–water partition coefficient (Wildman–Crippen LogP) is 1.71. The summed E-state index contributed by atoms with van der Waals surface area (Å²) < 4.78 is 0. The molecule has 0 saturated carbocycles. The highest BCUT2D eigenvalue weighted by Gasteiger charge is 2.08. The predicted molar refractivity (Wildman–Crippen MR) is 73.8 cm³/mol. The molecular weight excluding hydrogens is 240 g/mol. The van der Waals surface area contributed by atoms with Gasteiger partial charge in [-0.15, -0.1) is 0 Å². The smallest absolute Gasteiger partial charge is 0.145 e. The largest absolute Gasteiger partial charge is 0.329 e. The van der Waals surface area contributed by atoms with Crippen molar-refractivity contribution in [1.82, 2.24) is 9.97 Å². The van der Waals surface area contributed by atoms with Gasteiger partial charge in [-0.2, -0.15) is 5.26 Å². The zero-order valence-corrected chi connectivity index (χ0v) is 10.8. The van der Waals surface area contributed by atoms with E-state index in [9.17, 15) is 0 Å². The van der Waals surface area contributed by atoms with Gasteiger partial charge in [0, 0.05) is 18.8 Å². The van der Waals surface area contributed by atoms with Crippen LogP contribution >= 0.6 is 0 Å². The first-order valence-electron chi connectivity index (χ1n) is 5.70. The lowest BCUT2D eigenvalue weighted by Crippen LogP contribution is -2.15. The van der Waals surface area contributed by atoms with Crippen LogP contribution in [0, 0.1) is 18.3 Å². The molecule has 0 saturated heterocycles. The molecule has 0 radical (unpaired) electrons. The van der Waals surface area contributed by atoms with Gasteiger partial charge in [0.15, 0.2) is 0 Å². The number of benzene rings is 1. The minimum absolute atomic E-state index is 0.558. The summed E-state index contributed by atoms with van der Waals surface area (Å²) in [5, 5.41) is 8.78. The fourth-order valence-corrected chi connectivity index (χ4v) is 1.69. The molecule has 0 aliphatic heterocycles. The van der Waals surface area contributed by atoms with E-state index in [2.05, 4.69) is 21.5 Å². The van der Waals surface area contributed by atoms with Crippen molar-refractivity contribution in [1.29, 1.82) is 5.26 Å². The molecular formula is C13H14N6. The Morgan fingerprint density at radius 2 is 1.95 bits per heavy atom. The summed E-state index contributed by atoms with van der Waals surface area (Å²) in [6.07, 6.45) is 0. The number of aromatic nitrogens is 2. The third-order valence-corrected chi connectivity index (χ3v) is 2.70. The van der Waals surface area contributed by atoms with Crippen molar-refractivity contribution < 1.29 is 0 Å². The van der Waals surface area contributed by atoms with Crippen LogP contribution in [0.2, 0.25) is 0 Å². The highest BCUT2D eigenvalue weighted by molar-refractivity contribution is 5.62. The molecule has 3 N–H and O–H groups in total. The molecule has 0 aliphatic carbocycles. The van der Waals surface area contributed by atoms with Crippen LogP contribution in [0.3, 0.4) is 0 Å². The maximum atomic E-state index is 8.78. The van der Waals surface area contributed by atoms with Crippen LogP contribution in [0.1, 0.15) is 11.4 Å². The van der Waals surface area contributed by atoms with Crippen LogP contribution in [-0.2, 0) is 0 Å². The summed E-state index contributed by atoms with van der Waals surface area (Å²) in [7, 11) is 1.89. The Labute approximate surface area is 111 Å². The van der Waals surface area contributed by atoms with Gasteiger partial charge in [0.05, 0.1) is 11.6 Å². The molecule has 0 unspecified atom stereocenters. The van der Waals surface area contributed by atoms with Crippen LogP contribution in [0.4, 0.5) is 17.3 Å². The van der Waals surface area contributed by atoms with Crippen LogP contribution in [0.15, 0.2) is 30.3 Å². The van der Waals surface area contributed by atoms with Gasteiger partial charge in [0.25, 0.3) is 0 Å². The number of nitriles is 1. The maximum Gasteiger partial charge on any atom is 0.145 e. The van der Waals surface area contributed by atoms with Crippen molar-refractivity contribution in [2.45, 2.75) is 6.92 Å². The van der Waals surface area contributed by atoms with Gasteiger partial charge in [-0.3, -0.25) is 0 Å². The standard InChI is InChI=1S/C13H14N6/c1-9-16-12(18-15)7-13(17-9)19(2)11-5-3-10(8-14)4-6-11/h3-7H,15H2,1-2H3,(H,16,17,18). The molecule has 6 nitrogen and oxygen atoms in total. The van der Waals surface area contributed by atoms with Gasteiger partial charge >= 0.3 is 0 Å². The van der Waals surface area contributed by atoms with Crippen molar-refractivity contribution >= 4 is 17.3 Å². The number of nitrogens with zero attached hydrogens (tertiary/aromatic N) is 4. The minimum atomic E-state index is 0.558. The minimum Gasteiger partial charge on any atom is -0.329 e. The van der Waals surface area contributed by atoms with Crippen molar-refractivity contribution in [3.05, 3.63) is 41.7 Å². The zero-order chi connectivity index (χ0) is 13.8. The number of rotatable bonds is 3. The highest BCUT2D eigenvalue weighted by Crippen LogP contribution is 2.23. The zero-order valence-electron chi connectivity index (χ0n) is 10.8. The Kier molecular flexibility index (Phi) is 3.59. The summed E-state index contributed by atoms with van der Waals surface area (Å²) in [6.45, 7) is 1.80. The van der Waals surface area contributed by atoms with Crippen molar-refractivity contribution in [2.75, 3.05) is 17.4 Å². The molecule has 0 bridgehead atoms. The van der Waals surface area contributed by atoms with Crippen molar-refractivity contribution in [2.24, 2.45) is 5.84 Å². The second-order valence-corrected chi connectivity index (χ2v) is 4.02. The lowest BCUT2D eigenvalue weighted by Gasteiger charge is -2.19. The fourth-order valence-electron chi connectivity index (χ4n) is 1.69. The van der Waals surface area contributed by atoms with Gasteiger partial charge in [-0.25, -0.2) is 15.8 Å². The van der Waals surface area contributed by atoms with E-state index in [1.807, 2.05) is 24.1 Å². The van der Waals surface area contributed by atoms with Gasteiger partial charge < -0.3 is 10.3 Å². The van der Waals surface area contributed by atoms with E-state index in [1.54, 1.807) is 25.1 Å². The van der Waals surface area contributed by atoms with Gasteiger partial charge in [-0.1, -0.05) is 0 Å². The third-order valence-electron chi connectivity index (χ3n) is 2.70. The van der Waals surface area contributed by atoms with Gasteiger partial charge in [0.2, 0.25) is 0 Å². The lowest BCUT2D eigenvalue weighted by molar-refractivity contribution is 1.01. The Balaban J connectivity index is 2.35. The van der Waals surface area contributed by atoms with E-state index in [0.717, 1.165) is 11.5 Å². The van der Waals surface area contributed by atoms with Crippen LogP contribution < -0.4 is 16.2 Å². The van der Waals surface area contributed by atoms with Gasteiger partial charge in [-0.05, 0) is 31.2 Å². The Hall–Kier alpha value is -2.65. The molecule has 1 aromatic carbocycles. The van der Waals surface area contributed by atoms with Gasteiger partial charge in [0.1, 0.15) is 17.5 Å². The summed E-state index contributed by atoms with van der Waals surface area (Å²) in [5.41, 5.74) is 4.07. The molecule has 0 spiro atoms. The molecule has 19 heavy (non-hydrogen) atoms. The molecule has 2 rings (SSSR count). The second kappa shape index (κ2) is 5.33. The molecule has 96 valence electrons. The number of hydrogen-bond acceptors (Lipinski definition) is 6. The Morgan fingerprint density at radius 3 is 2.53 bits per heavy atom. The van der Waals surface area contributed by atoms with Crippen LogP contribution in [-0.4, -0.2) is 17.0 Å². The summed E-state index contributed by atoms with van der Waals surface area (Å²) >= 11 is 0. The molecule has 0 fully saturated rings. The lowest BCUT2D eigenvalue weighted by atomic mass is 10.2. The summed E-state index contributed by atoms with van der Waals surface area (Å²) in [5.74, 6) is 7.29. The number of hydrogen-bond donors (Lipinski definition) is 2. The highest BCUT2D eigenvalue weighted by atomic mass is 15.3. The number of nitrogens with two attached hydrogens (primary N) is 1. The van der Waals surface area contributed by atoms with Crippen LogP contribution in [0.25, 0.3) is 0 Å². The second-order valence-electron chi connectivity index (χ2n) is 4.02. The molecule has 1 heterocycles. The Morgan fingerprint density at radius 1 is 1.26 bits per heavy atom. The number of anilines is 3. The van der Waals surface area contributed by atoms with Crippen molar-refractivity contribution in [3.8, 4) is 6.07 Å². The fraction of sp³-hybridized carbons (Fsp3) is 0.154. The molecule has 6 heteroatoms. The number of aryl methyl sites for hydroxylation is 1. The van der Waals surface area contributed by atoms with E-state index >= 15 is 0 Å². The quantitative estimate of drug-likeness (QED) is 0.640. The first-order chi connectivity index (χ1) is 9.13. The molecule has 0 amide bonds. The van der Waals surface area contributed by atoms with Crippen LogP contribution in [0.5, 0.6) is 0 Å². The normalized spacial score (nSPS) is 9.79. The topological polar surface area (TPSA) is 90.9 Å². The van der Waals surface area contributed by atoms with E-state index < -0.39 is 0 Å². The van der Waals surface area contributed by atoms with E-state index in [0.29, 0.717) is 17.2 Å². The first-order valence-corrected chi connectivity index (χ1v) is 5.70. The number of nitrogen functional groups attached to an aromatic ring is 1. The number of nitrogens with one attached hydrogen (secondary N) is 1. The summed E-state index contributed by atoms with van der Waals surface area (Å²) in [6, 6.07) is 11.1. The monoisotopic (exact) mass is 254 g/mol. The molecule has 2 aromatic rings. The van der Waals surface area contributed by atoms with E-state index in [1.165, 1.54) is 0 Å². The Bertz CT molecular complexity index is 614. The maximum absolute atomic E-state index is 8.78. The SMILES string of the molecule is Cc1nc(NN)cc(N(C)c2ccc(C#N)cc2)n1.